The predicted octanol–water partition coefficient (Wildman–Crippen LogP) is 0.938. The highest BCUT2D eigenvalue weighted by atomic mass is 16.3. The Morgan fingerprint density at radius 2 is 2.29 bits per heavy atom. The first-order chi connectivity index (χ1) is 8.13. The van der Waals surface area contributed by atoms with E-state index in [4.69, 9.17) is 0 Å². The van der Waals surface area contributed by atoms with Crippen molar-refractivity contribution >= 4 is 5.91 Å². The summed E-state index contributed by atoms with van der Waals surface area (Å²) < 4.78 is 1.71. The van der Waals surface area contributed by atoms with Gasteiger partial charge in [-0.1, -0.05) is 12.8 Å². The van der Waals surface area contributed by atoms with E-state index in [9.17, 15) is 9.90 Å². The Hall–Kier alpha value is -1.36. The molecule has 0 aromatic carbocycles. The first kappa shape index (κ1) is 12.1. The number of amides is 1. The van der Waals surface area contributed by atoms with Gasteiger partial charge in [0.2, 0.25) is 0 Å². The summed E-state index contributed by atoms with van der Waals surface area (Å²) in [4.78, 5) is 11.8. The number of carbonyl (C=O) groups is 1. The number of nitrogens with zero attached hydrogens (tertiary/aromatic N) is 2. The third-order valence-electron chi connectivity index (χ3n) is 3.33. The Labute approximate surface area is 101 Å². The Balaban J connectivity index is 1.88. The molecule has 0 saturated heterocycles. The molecule has 1 heterocycles. The van der Waals surface area contributed by atoms with Crippen LogP contribution in [0.25, 0.3) is 0 Å². The number of aromatic nitrogens is 2. The number of carbonyl (C=O) groups excluding carboxylic acids is 1. The zero-order valence-corrected chi connectivity index (χ0v) is 10.1. The fraction of sp³-hybridized carbons (Fsp3) is 0.667. The molecule has 0 radical (unpaired) electrons. The third kappa shape index (κ3) is 2.85. The van der Waals surface area contributed by atoms with Crippen LogP contribution in [-0.2, 0) is 6.54 Å². The van der Waals surface area contributed by atoms with Gasteiger partial charge in [-0.3, -0.25) is 9.48 Å². The zero-order chi connectivity index (χ0) is 12.3. The molecule has 5 nitrogen and oxygen atoms in total. The van der Waals surface area contributed by atoms with E-state index >= 15 is 0 Å². The van der Waals surface area contributed by atoms with E-state index in [2.05, 4.69) is 10.4 Å². The molecule has 1 aromatic rings. The molecule has 0 spiro atoms. The van der Waals surface area contributed by atoms with E-state index in [-0.39, 0.29) is 5.91 Å². The van der Waals surface area contributed by atoms with Crippen LogP contribution in [0.15, 0.2) is 12.4 Å². The molecule has 0 aliphatic heterocycles. The maximum Gasteiger partial charge on any atom is 0.254 e. The molecule has 0 atom stereocenters. The predicted molar refractivity (Wildman–Crippen MR) is 63.7 cm³/mol. The van der Waals surface area contributed by atoms with Gasteiger partial charge < -0.3 is 10.4 Å². The van der Waals surface area contributed by atoms with Gasteiger partial charge in [0, 0.05) is 19.3 Å². The molecule has 1 aliphatic carbocycles. The first-order valence-electron chi connectivity index (χ1n) is 6.16. The van der Waals surface area contributed by atoms with Crippen LogP contribution in [0.3, 0.4) is 0 Å². The summed E-state index contributed by atoms with van der Waals surface area (Å²) in [6, 6.07) is 0. The molecule has 1 amide bonds. The molecule has 94 valence electrons. The van der Waals surface area contributed by atoms with Crippen LogP contribution in [0.5, 0.6) is 0 Å². The van der Waals surface area contributed by atoms with Crippen molar-refractivity contribution in [1.29, 1.82) is 0 Å². The second kappa shape index (κ2) is 4.87. The Morgan fingerprint density at radius 3 is 2.88 bits per heavy atom. The van der Waals surface area contributed by atoms with Crippen molar-refractivity contribution in [2.75, 3.05) is 6.54 Å². The van der Waals surface area contributed by atoms with Crippen molar-refractivity contribution in [3.63, 3.8) is 0 Å². The van der Waals surface area contributed by atoms with Gasteiger partial charge in [0.15, 0.2) is 0 Å². The van der Waals surface area contributed by atoms with Gasteiger partial charge in [0.25, 0.3) is 5.91 Å². The summed E-state index contributed by atoms with van der Waals surface area (Å²) in [5, 5.41) is 16.9. The molecule has 1 fully saturated rings. The van der Waals surface area contributed by atoms with Crippen molar-refractivity contribution < 1.29 is 9.90 Å². The minimum Gasteiger partial charge on any atom is -0.388 e. The van der Waals surface area contributed by atoms with Crippen LogP contribution < -0.4 is 5.32 Å². The highest BCUT2D eigenvalue weighted by Crippen LogP contribution is 2.28. The number of rotatable bonds is 4. The molecular formula is C12H19N3O2. The number of nitrogens with one attached hydrogen (secondary N) is 1. The lowest BCUT2D eigenvalue weighted by Crippen LogP contribution is -2.40. The number of hydrogen-bond acceptors (Lipinski definition) is 3. The Morgan fingerprint density at radius 1 is 1.59 bits per heavy atom. The van der Waals surface area contributed by atoms with Gasteiger partial charge in [-0.15, -0.1) is 0 Å². The van der Waals surface area contributed by atoms with E-state index in [1.165, 1.54) is 0 Å². The first-order valence-corrected chi connectivity index (χ1v) is 6.16. The minimum atomic E-state index is -0.698. The second-order valence-electron chi connectivity index (χ2n) is 4.70. The Bertz CT molecular complexity index is 394. The molecule has 2 rings (SSSR count). The van der Waals surface area contributed by atoms with E-state index in [0.717, 1.165) is 32.2 Å². The van der Waals surface area contributed by atoms with E-state index in [0.29, 0.717) is 12.1 Å². The highest BCUT2D eigenvalue weighted by molar-refractivity contribution is 5.93. The van der Waals surface area contributed by atoms with Crippen LogP contribution in [0.2, 0.25) is 0 Å². The maximum absolute atomic E-state index is 11.8. The Kier molecular flexibility index (Phi) is 3.47. The molecule has 2 N–H and O–H groups in total. The minimum absolute atomic E-state index is 0.162. The smallest absolute Gasteiger partial charge is 0.254 e. The van der Waals surface area contributed by atoms with Crippen LogP contribution in [0, 0.1) is 0 Å². The fourth-order valence-electron chi connectivity index (χ4n) is 2.21. The summed E-state index contributed by atoms with van der Waals surface area (Å²) in [6.45, 7) is 3.05. The summed E-state index contributed by atoms with van der Waals surface area (Å²) in [5.74, 6) is -0.162. The van der Waals surface area contributed by atoms with Gasteiger partial charge >= 0.3 is 0 Å². The van der Waals surface area contributed by atoms with Gasteiger partial charge in [0.05, 0.1) is 17.4 Å². The molecule has 0 unspecified atom stereocenters. The third-order valence-corrected chi connectivity index (χ3v) is 3.33. The summed E-state index contributed by atoms with van der Waals surface area (Å²) in [7, 11) is 0. The van der Waals surface area contributed by atoms with Gasteiger partial charge in [-0.05, 0) is 19.8 Å². The number of aryl methyl sites for hydroxylation is 1. The van der Waals surface area contributed by atoms with Crippen LogP contribution in [0.4, 0.5) is 0 Å². The molecule has 17 heavy (non-hydrogen) atoms. The van der Waals surface area contributed by atoms with E-state index in [1.54, 1.807) is 17.1 Å². The van der Waals surface area contributed by atoms with Gasteiger partial charge in [0.1, 0.15) is 0 Å². The standard InChI is InChI=1S/C12H19N3O2/c1-2-15-8-10(7-14-15)11(16)13-9-12(17)5-3-4-6-12/h7-8,17H,2-6,9H2,1H3,(H,13,16). The lowest BCUT2D eigenvalue weighted by Gasteiger charge is -2.21. The van der Waals surface area contributed by atoms with E-state index < -0.39 is 5.60 Å². The summed E-state index contributed by atoms with van der Waals surface area (Å²) >= 11 is 0. The van der Waals surface area contributed by atoms with Gasteiger partial charge in [-0.2, -0.15) is 5.10 Å². The van der Waals surface area contributed by atoms with Crippen molar-refractivity contribution in [2.24, 2.45) is 0 Å². The van der Waals surface area contributed by atoms with Crippen molar-refractivity contribution in [1.82, 2.24) is 15.1 Å². The van der Waals surface area contributed by atoms with Crippen molar-refractivity contribution in [3.8, 4) is 0 Å². The monoisotopic (exact) mass is 237 g/mol. The maximum atomic E-state index is 11.8. The molecule has 5 heteroatoms. The molecular weight excluding hydrogens is 218 g/mol. The second-order valence-corrected chi connectivity index (χ2v) is 4.70. The number of hydrogen-bond donors (Lipinski definition) is 2. The SMILES string of the molecule is CCn1cc(C(=O)NCC2(O)CCCC2)cn1. The van der Waals surface area contributed by atoms with Crippen molar-refractivity contribution in [3.05, 3.63) is 18.0 Å². The molecule has 1 aliphatic rings. The highest BCUT2D eigenvalue weighted by Gasteiger charge is 2.31. The summed E-state index contributed by atoms with van der Waals surface area (Å²) in [5.41, 5.74) is -0.149. The molecule has 1 saturated carbocycles. The quantitative estimate of drug-likeness (QED) is 0.819. The normalized spacial score (nSPS) is 18.2. The molecule has 0 bridgehead atoms. The topological polar surface area (TPSA) is 67.2 Å². The largest absolute Gasteiger partial charge is 0.388 e. The zero-order valence-electron chi connectivity index (χ0n) is 10.1. The van der Waals surface area contributed by atoms with Gasteiger partial charge in [-0.25, -0.2) is 0 Å². The summed E-state index contributed by atoms with van der Waals surface area (Å²) in [6.07, 6.45) is 6.91. The lowest BCUT2D eigenvalue weighted by atomic mass is 10.0. The average molecular weight is 237 g/mol. The van der Waals surface area contributed by atoms with Crippen molar-refractivity contribution in [2.45, 2.75) is 44.8 Å². The lowest BCUT2D eigenvalue weighted by molar-refractivity contribution is 0.0449. The van der Waals surface area contributed by atoms with Crippen LogP contribution in [0.1, 0.15) is 43.0 Å². The van der Waals surface area contributed by atoms with E-state index in [1.807, 2.05) is 6.92 Å². The molecule has 1 aromatic heterocycles. The fourth-order valence-corrected chi connectivity index (χ4v) is 2.21. The average Bonchev–Trinajstić information content (AvgIpc) is 2.95. The van der Waals surface area contributed by atoms with Crippen LogP contribution >= 0.6 is 0 Å². The van der Waals surface area contributed by atoms with Crippen LogP contribution in [-0.4, -0.2) is 32.9 Å². The number of aliphatic hydroxyl groups is 1.